The molecule has 0 radical (unpaired) electrons. The van der Waals surface area contributed by atoms with Gasteiger partial charge < -0.3 is 20.6 Å². The summed E-state index contributed by atoms with van der Waals surface area (Å²) in [5.74, 6) is -0.507. The maximum atomic E-state index is 12.4. The predicted octanol–water partition coefficient (Wildman–Crippen LogP) is 11.8. The lowest BCUT2D eigenvalue weighted by Crippen LogP contribution is -2.48. The van der Waals surface area contributed by atoms with Crippen molar-refractivity contribution in [3.63, 3.8) is 0 Å². The van der Waals surface area contributed by atoms with Gasteiger partial charge in [0.25, 0.3) is 0 Å². The number of unbranched alkanes of at least 4 members (excludes halogenated alkanes) is 28. The average molecular weight is 678 g/mol. The molecule has 0 aliphatic rings. The zero-order valence-corrected chi connectivity index (χ0v) is 32.1. The van der Waals surface area contributed by atoms with Gasteiger partial charge in [-0.2, -0.15) is 0 Å². The van der Waals surface area contributed by atoms with Crippen LogP contribution >= 0.6 is 0 Å². The van der Waals surface area contributed by atoms with E-state index in [0.717, 1.165) is 32.1 Å². The van der Waals surface area contributed by atoms with E-state index < -0.39 is 24.2 Å². The monoisotopic (exact) mass is 678 g/mol. The number of aliphatic hydroxyl groups excluding tert-OH is 3. The fraction of sp³-hybridized carbons (Fsp3) is 0.884. The van der Waals surface area contributed by atoms with Crippen LogP contribution in [0.1, 0.15) is 219 Å². The Labute approximate surface area is 299 Å². The molecule has 0 heterocycles. The molecular weight excluding hydrogens is 594 g/mol. The molecule has 0 saturated heterocycles. The van der Waals surface area contributed by atoms with Gasteiger partial charge in [-0.1, -0.05) is 199 Å². The van der Waals surface area contributed by atoms with Crippen LogP contribution in [0.15, 0.2) is 24.3 Å². The van der Waals surface area contributed by atoms with Gasteiger partial charge in [-0.05, 0) is 44.9 Å². The van der Waals surface area contributed by atoms with Crippen LogP contribution in [0.3, 0.4) is 0 Å². The van der Waals surface area contributed by atoms with E-state index in [0.29, 0.717) is 6.42 Å². The lowest BCUT2D eigenvalue weighted by Gasteiger charge is -2.21. The molecule has 0 bridgehead atoms. The van der Waals surface area contributed by atoms with Gasteiger partial charge in [0.2, 0.25) is 5.91 Å². The molecular formula is C43H83NO4. The summed E-state index contributed by atoms with van der Waals surface area (Å²) >= 11 is 0. The standard InChI is InChI=1S/C43H83NO4/c1-3-5-7-9-11-13-15-16-17-18-19-20-21-22-23-24-25-26-27-28-30-32-34-36-38-42(47)43(48)44-40(39-45)41(46)37-35-33-31-29-14-12-10-8-6-4-2/h22-23,35,37,40-42,45-47H,3-21,24-34,36,38-39H2,1-2H3,(H,44,48)/b23-22-,37-35+. The summed E-state index contributed by atoms with van der Waals surface area (Å²) in [6, 6.07) is -0.795. The summed E-state index contributed by atoms with van der Waals surface area (Å²) in [5, 5.41) is 33.0. The van der Waals surface area contributed by atoms with Gasteiger partial charge in [-0.15, -0.1) is 0 Å². The molecule has 0 aromatic heterocycles. The number of amides is 1. The normalized spacial score (nSPS) is 13.9. The van der Waals surface area contributed by atoms with Crippen molar-refractivity contribution in [2.24, 2.45) is 0 Å². The topological polar surface area (TPSA) is 89.8 Å². The first-order valence-corrected chi connectivity index (χ1v) is 21.2. The third-order valence-corrected chi connectivity index (χ3v) is 9.79. The van der Waals surface area contributed by atoms with E-state index in [9.17, 15) is 20.1 Å². The molecule has 0 fully saturated rings. The van der Waals surface area contributed by atoms with Crippen LogP contribution in [0.4, 0.5) is 0 Å². The van der Waals surface area contributed by atoms with Gasteiger partial charge in [-0.3, -0.25) is 4.79 Å². The first-order valence-electron chi connectivity index (χ1n) is 21.2. The van der Waals surface area contributed by atoms with Crippen LogP contribution in [0.5, 0.6) is 0 Å². The fourth-order valence-electron chi connectivity index (χ4n) is 6.41. The molecule has 1 amide bonds. The quantitative estimate of drug-likeness (QED) is 0.0387. The van der Waals surface area contributed by atoms with Gasteiger partial charge in [-0.25, -0.2) is 0 Å². The number of aliphatic hydroxyl groups is 3. The Hall–Kier alpha value is -1.17. The maximum absolute atomic E-state index is 12.4. The number of carbonyl (C=O) groups is 1. The van der Waals surface area contributed by atoms with Crippen molar-refractivity contribution in [2.45, 2.75) is 238 Å². The van der Waals surface area contributed by atoms with E-state index in [2.05, 4.69) is 31.3 Å². The smallest absolute Gasteiger partial charge is 0.249 e. The number of hydrogen-bond acceptors (Lipinski definition) is 4. The van der Waals surface area contributed by atoms with Crippen LogP contribution in [0.2, 0.25) is 0 Å². The highest BCUT2D eigenvalue weighted by Gasteiger charge is 2.22. The second-order valence-corrected chi connectivity index (χ2v) is 14.6. The summed E-state index contributed by atoms with van der Waals surface area (Å²) in [5.41, 5.74) is 0. The van der Waals surface area contributed by atoms with E-state index in [-0.39, 0.29) is 6.61 Å². The minimum Gasteiger partial charge on any atom is -0.394 e. The molecule has 4 N–H and O–H groups in total. The summed E-state index contributed by atoms with van der Waals surface area (Å²) in [4.78, 5) is 12.4. The van der Waals surface area contributed by atoms with Gasteiger partial charge in [0.05, 0.1) is 18.8 Å². The molecule has 0 aliphatic heterocycles. The molecule has 3 atom stereocenters. The Morgan fingerprint density at radius 2 is 0.833 bits per heavy atom. The molecule has 48 heavy (non-hydrogen) atoms. The van der Waals surface area contributed by atoms with Crippen molar-refractivity contribution in [3.05, 3.63) is 24.3 Å². The number of nitrogens with one attached hydrogen (secondary N) is 1. The van der Waals surface area contributed by atoms with E-state index >= 15 is 0 Å². The molecule has 0 aliphatic carbocycles. The van der Waals surface area contributed by atoms with E-state index in [1.165, 1.54) is 167 Å². The van der Waals surface area contributed by atoms with Crippen molar-refractivity contribution < 1.29 is 20.1 Å². The van der Waals surface area contributed by atoms with Crippen molar-refractivity contribution >= 4 is 5.91 Å². The Balaban J connectivity index is 3.61. The molecule has 0 spiro atoms. The Morgan fingerprint density at radius 3 is 1.21 bits per heavy atom. The molecule has 5 heteroatoms. The third-order valence-electron chi connectivity index (χ3n) is 9.79. The highest BCUT2D eigenvalue weighted by molar-refractivity contribution is 5.80. The molecule has 0 aromatic rings. The van der Waals surface area contributed by atoms with Gasteiger partial charge in [0.15, 0.2) is 0 Å². The number of rotatable bonds is 38. The summed E-state index contributed by atoms with van der Waals surface area (Å²) in [6.07, 6.45) is 46.4. The zero-order valence-electron chi connectivity index (χ0n) is 32.1. The van der Waals surface area contributed by atoms with Gasteiger partial charge in [0.1, 0.15) is 6.10 Å². The minimum absolute atomic E-state index is 0.364. The molecule has 0 saturated carbocycles. The SMILES string of the molecule is CCCCCCCCCC/C=C/C(O)C(CO)NC(=O)C(O)CCCCCCCCCC/C=C\CCCCCCCCCCCCCC. The molecule has 5 nitrogen and oxygen atoms in total. The lowest BCUT2D eigenvalue weighted by atomic mass is 10.0. The molecule has 3 unspecified atom stereocenters. The predicted molar refractivity (Wildman–Crippen MR) is 208 cm³/mol. The zero-order chi connectivity index (χ0) is 35.2. The third kappa shape index (κ3) is 33.3. The Bertz CT molecular complexity index is 709. The minimum atomic E-state index is -1.10. The van der Waals surface area contributed by atoms with Crippen molar-refractivity contribution in [2.75, 3.05) is 6.61 Å². The van der Waals surface area contributed by atoms with Crippen LogP contribution in [0, 0.1) is 0 Å². The number of allylic oxidation sites excluding steroid dienone is 3. The summed E-state index contributed by atoms with van der Waals surface area (Å²) in [6.45, 7) is 4.16. The summed E-state index contributed by atoms with van der Waals surface area (Å²) < 4.78 is 0. The number of hydrogen-bond donors (Lipinski definition) is 4. The second-order valence-electron chi connectivity index (χ2n) is 14.6. The highest BCUT2D eigenvalue weighted by Crippen LogP contribution is 2.15. The van der Waals surface area contributed by atoms with Crippen molar-refractivity contribution in [1.82, 2.24) is 5.32 Å². The molecule has 0 aromatic carbocycles. The van der Waals surface area contributed by atoms with Crippen LogP contribution < -0.4 is 5.32 Å². The highest BCUT2D eigenvalue weighted by atomic mass is 16.3. The van der Waals surface area contributed by atoms with Gasteiger partial charge >= 0.3 is 0 Å². The molecule has 284 valence electrons. The van der Waals surface area contributed by atoms with Crippen molar-refractivity contribution in [1.29, 1.82) is 0 Å². The van der Waals surface area contributed by atoms with Crippen LogP contribution in [-0.2, 0) is 4.79 Å². The summed E-state index contributed by atoms with van der Waals surface area (Å²) in [7, 11) is 0. The maximum Gasteiger partial charge on any atom is 0.249 e. The second kappa shape index (κ2) is 38.6. The lowest BCUT2D eigenvalue weighted by molar-refractivity contribution is -0.131. The first-order chi connectivity index (χ1) is 23.6. The Morgan fingerprint density at radius 1 is 0.500 bits per heavy atom. The van der Waals surface area contributed by atoms with E-state index in [4.69, 9.17) is 0 Å². The van der Waals surface area contributed by atoms with E-state index in [1.54, 1.807) is 6.08 Å². The van der Waals surface area contributed by atoms with Crippen LogP contribution in [-0.4, -0.2) is 46.1 Å². The molecule has 0 rings (SSSR count). The largest absolute Gasteiger partial charge is 0.394 e. The fourth-order valence-corrected chi connectivity index (χ4v) is 6.41. The van der Waals surface area contributed by atoms with E-state index in [1.807, 2.05) is 6.08 Å². The average Bonchev–Trinajstić information content (AvgIpc) is 3.09. The van der Waals surface area contributed by atoms with Crippen LogP contribution in [0.25, 0.3) is 0 Å². The van der Waals surface area contributed by atoms with Crippen molar-refractivity contribution in [3.8, 4) is 0 Å². The Kier molecular flexibility index (Phi) is 37.7. The number of carbonyl (C=O) groups excluding carboxylic acids is 1. The van der Waals surface area contributed by atoms with Gasteiger partial charge in [0, 0.05) is 0 Å². The first kappa shape index (κ1) is 46.8.